The van der Waals surface area contributed by atoms with Crippen LogP contribution in [-0.4, -0.2) is 40.8 Å². The first kappa shape index (κ1) is 26.8. The highest BCUT2D eigenvalue weighted by Crippen LogP contribution is 2.38. The second-order valence-corrected chi connectivity index (χ2v) is 7.80. The molecule has 1 N–H and O–H groups in total. The Kier molecular flexibility index (Phi) is 7.29. The number of ketones is 1. The van der Waals surface area contributed by atoms with E-state index in [2.05, 4.69) is 9.97 Å². The zero-order chi connectivity index (χ0) is 28.3. The van der Waals surface area contributed by atoms with E-state index in [1.165, 1.54) is 44.8 Å². The van der Waals surface area contributed by atoms with Gasteiger partial charge in [-0.05, 0) is 42.5 Å². The van der Waals surface area contributed by atoms with Gasteiger partial charge in [-0.15, -0.1) is 0 Å². The van der Waals surface area contributed by atoms with Gasteiger partial charge < -0.3 is 19.5 Å². The average Bonchev–Trinajstić information content (AvgIpc) is 2.91. The Bertz CT molecular complexity index is 1590. The van der Waals surface area contributed by atoms with Crippen molar-refractivity contribution in [2.75, 3.05) is 19.5 Å². The van der Waals surface area contributed by atoms with Crippen molar-refractivity contribution < 1.29 is 41.9 Å². The third-order valence-electron chi connectivity index (χ3n) is 5.40. The molecule has 0 saturated heterocycles. The Morgan fingerprint density at radius 3 is 2.23 bits per heavy atom. The highest BCUT2D eigenvalue weighted by atomic mass is 19.4. The minimum absolute atomic E-state index is 0.0863. The summed E-state index contributed by atoms with van der Waals surface area (Å²) in [5.41, 5.74) is -2.75. The number of nitrogens with one attached hydrogen (secondary N) is 1. The number of hydrogen-bond donors (Lipinski definition) is 1. The predicted octanol–water partition coefficient (Wildman–Crippen LogP) is 5.19. The molecule has 39 heavy (non-hydrogen) atoms. The van der Waals surface area contributed by atoms with Gasteiger partial charge in [0, 0.05) is 23.4 Å². The summed E-state index contributed by atoms with van der Waals surface area (Å²) in [7, 11) is 2.95. The zero-order valence-corrected chi connectivity index (χ0v) is 20.1. The summed E-state index contributed by atoms with van der Waals surface area (Å²) in [4.78, 5) is 42.9. The average molecular weight is 542 g/mol. The van der Waals surface area contributed by atoms with Crippen LogP contribution < -0.4 is 19.5 Å². The number of nitro benzene ring substituents is 1. The monoisotopic (exact) mass is 542 g/mol. The topological polar surface area (TPSA) is 143 Å². The van der Waals surface area contributed by atoms with Crippen molar-refractivity contribution in [1.29, 1.82) is 0 Å². The molecule has 0 spiro atoms. The van der Waals surface area contributed by atoms with Crippen LogP contribution in [0.25, 0.3) is 10.9 Å². The van der Waals surface area contributed by atoms with Gasteiger partial charge in [0.1, 0.15) is 17.6 Å². The van der Waals surface area contributed by atoms with E-state index < -0.39 is 39.7 Å². The van der Waals surface area contributed by atoms with E-state index in [4.69, 9.17) is 14.2 Å². The van der Waals surface area contributed by atoms with E-state index in [1.807, 2.05) is 5.32 Å². The van der Waals surface area contributed by atoms with Crippen molar-refractivity contribution in [2.24, 2.45) is 0 Å². The normalized spacial score (nSPS) is 11.1. The van der Waals surface area contributed by atoms with Crippen molar-refractivity contribution in [3.63, 3.8) is 0 Å². The first-order valence-electron chi connectivity index (χ1n) is 10.9. The van der Waals surface area contributed by atoms with E-state index in [9.17, 15) is 32.9 Å². The number of nitro groups is 1. The van der Waals surface area contributed by atoms with Crippen molar-refractivity contribution in [3.05, 3.63) is 82.2 Å². The number of hydrogen-bond acceptors (Lipinski definition) is 9. The summed E-state index contributed by atoms with van der Waals surface area (Å²) in [5, 5.41) is 13.4. The first-order valence-corrected chi connectivity index (χ1v) is 10.9. The summed E-state index contributed by atoms with van der Waals surface area (Å²) < 4.78 is 55.9. The van der Waals surface area contributed by atoms with Gasteiger partial charge in [-0.2, -0.15) is 13.2 Å². The van der Waals surface area contributed by atoms with Crippen LogP contribution in [-0.2, 0) is 11.0 Å². The Morgan fingerprint density at radius 1 is 0.949 bits per heavy atom. The molecule has 0 fully saturated rings. The number of aromatic nitrogens is 2. The number of rotatable bonds is 8. The van der Waals surface area contributed by atoms with Gasteiger partial charge in [-0.1, -0.05) is 0 Å². The summed E-state index contributed by atoms with van der Waals surface area (Å²) in [6.07, 6.45) is -3.76. The number of benzene rings is 3. The fraction of sp³-hybridized carbons (Fsp3) is 0.120. The zero-order valence-electron chi connectivity index (χ0n) is 20.1. The molecule has 200 valence electrons. The molecular formula is C25H17F3N4O7. The number of methoxy groups -OCH3 is 2. The van der Waals surface area contributed by atoms with E-state index in [0.717, 1.165) is 6.07 Å². The lowest BCUT2D eigenvalue weighted by Gasteiger charge is -2.12. The molecule has 14 heteroatoms. The maximum atomic E-state index is 13.2. The van der Waals surface area contributed by atoms with Crippen LogP contribution in [0.4, 0.5) is 24.5 Å². The number of Topliss-reactive ketones (excluding diaryl/α,β-unsaturated/α-hetero) is 1. The van der Waals surface area contributed by atoms with Gasteiger partial charge in [0.2, 0.25) is 5.88 Å². The number of nitrogens with zero attached hydrogens (tertiary/aromatic N) is 3. The van der Waals surface area contributed by atoms with Gasteiger partial charge in [0.05, 0.1) is 30.0 Å². The van der Waals surface area contributed by atoms with E-state index in [1.54, 1.807) is 12.1 Å². The Balaban J connectivity index is 1.51. The van der Waals surface area contributed by atoms with E-state index in [-0.39, 0.29) is 17.2 Å². The number of amides is 1. The molecule has 3 aromatic carbocycles. The molecule has 0 saturated carbocycles. The fourth-order valence-corrected chi connectivity index (χ4v) is 3.55. The van der Waals surface area contributed by atoms with Crippen molar-refractivity contribution in [1.82, 2.24) is 9.97 Å². The minimum Gasteiger partial charge on any atom is -0.493 e. The molecule has 1 aromatic heterocycles. The largest absolute Gasteiger partial charge is 0.493 e. The van der Waals surface area contributed by atoms with Crippen LogP contribution in [0, 0.1) is 10.1 Å². The molecule has 0 aliphatic carbocycles. The van der Waals surface area contributed by atoms with Gasteiger partial charge in [-0.25, -0.2) is 9.97 Å². The fourth-order valence-electron chi connectivity index (χ4n) is 3.55. The third kappa shape index (κ3) is 5.69. The lowest BCUT2D eigenvalue weighted by atomic mass is 10.1. The van der Waals surface area contributed by atoms with Crippen LogP contribution in [0.15, 0.2) is 60.9 Å². The molecule has 0 aliphatic rings. The number of carbonyl (C=O) groups is 2. The number of halogens is 3. The van der Waals surface area contributed by atoms with Crippen LogP contribution in [0.2, 0.25) is 0 Å². The van der Waals surface area contributed by atoms with Crippen molar-refractivity contribution in [2.45, 2.75) is 6.18 Å². The molecule has 1 amide bonds. The smallest absolute Gasteiger partial charge is 0.423 e. The van der Waals surface area contributed by atoms with Crippen LogP contribution >= 0.6 is 0 Å². The second-order valence-electron chi connectivity index (χ2n) is 7.80. The highest BCUT2D eigenvalue weighted by Gasteiger charge is 2.38. The molecule has 4 aromatic rings. The van der Waals surface area contributed by atoms with E-state index in [0.29, 0.717) is 34.5 Å². The lowest BCUT2D eigenvalue weighted by molar-refractivity contribution is -0.388. The van der Waals surface area contributed by atoms with Crippen molar-refractivity contribution >= 4 is 34.0 Å². The number of fused-ring (bicyclic) bond motifs is 1. The molecule has 11 nitrogen and oxygen atoms in total. The summed E-state index contributed by atoms with van der Waals surface area (Å²) in [6.45, 7) is 0. The molecule has 4 rings (SSSR count). The van der Waals surface area contributed by atoms with Gasteiger partial charge in [0.15, 0.2) is 11.5 Å². The molecular weight excluding hydrogens is 525 g/mol. The highest BCUT2D eigenvalue weighted by molar-refractivity contribution is 6.46. The van der Waals surface area contributed by atoms with Gasteiger partial charge in [0.25, 0.3) is 17.4 Å². The molecule has 0 radical (unpaired) electrons. The summed E-state index contributed by atoms with van der Waals surface area (Å²) in [6, 6.07) is 10.5. The lowest BCUT2D eigenvalue weighted by Crippen LogP contribution is -2.23. The minimum atomic E-state index is -5.05. The van der Waals surface area contributed by atoms with Crippen LogP contribution in [0.3, 0.4) is 0 Å². The number of anilines is 1. The van der Waals surface area contributed by atoms with Crippen molar-refractivity contribution in [3.8, 4) is 23.1 Å². The number of ether oxygens (including phenoxy) is 3. The Hall–Kier alpha value is -5.27. The quantitative estimate of drug-likeness (QED) is 0.138. The maximum Gasteiger partial charge on any atom is 0.423 e. The maximum absolute atomic E-state index is 13.2. The SMILES string of the molecule is COc1cc2ncnc(Oc3ccc(C(=O)C(=O)Nc4ccc([N+](=O)[O-])c(C(F)(F)F)c4)cc3)c2cc1OC. The van der Waals surface area contributed by atoms with E-state index >= 15 is 0 Å². The second kappa shape index (κ2) is 10.6. The Labute approximate surface area is 217 Å². The Morgan fingerprint density at radius 2 is 1.62 bits per heavy atom. The van der Waals surface area contributed by atoms with Gasteiger partial charge in [-0.3, -0.25) is 19.7 Å². The van der Waals surface area contributed by atoms with Crippen LogP contribution in [0.1, 0.15) is 15.9 Å². The number of alkyl halides is 3. The van der Waals surface area contributed by atoms with Gasteiger partial charge >= 0.3 is 6.18 Å². The number of carbonyl (C=O) groups excluding carboxylic acids is 2. The molecule has 1 heterocycles. The summed E-state index contributed by atoms with van der Waals surface area (Å²) in [5.74, 6) is -0.985. The molecule has 0 bridgehead atoms. The predicted molar refractivity (Wildman–Crippen MR) is 130 cm³/mol. The molecule has 0 aliphatic heterocycles. The molecule has 0 atom stereocenters. The standard InChI is InChI=1S/C25H17F3N4O7/c1-37-20-10-16-18(11-21(20)38-2)29-12-30-24(16)39-15-6-3-13(4-7-15)22(33)23(34)31-14-5-8-19(32(35)36)17(9-14)25(26,27)28/h3-12H,1-2H3,(H,31,34). The first-order chi connectivity index (χ1) is 18.5. The van der Waals surface area contributed by atoms with Crippen LogP contribution in [0.5, 0.6) is 23.1 Å². The molecule has 0 unspecified atom stereocenters. The summed E-state index contributed by atoms with van der Waals surface area (Å²) >= 11 is 0. The third-order valence-corrected chi connectivity index (χ3v) is 5.40.